The average Bonchev–Trinajstić information content (AvgIpc) is 2.37. The first kappa shape index (κ1) is 14.7. The van der Waals surface area contributed by atoms with Gasteiger partial charge in [0, 0.05) is 19.0 Å². The van der Waals surface area contributed by atoms with Gasteiger partial charge in [-0.3, -0.25) is 4.79 Å². The van der Waals surface area contributed by atoms with Crippen LogP contribution in [0.5, 0.6) is 0 Å². The van der Waals surface area contributed by atoms with Crippen LogP contribution in [0.25, 0.3) is 0 Å². The molecule has 0 aliphatic heterocycles. The molecular weight excluding hydrogens is 224 g/mol. The molecule has 0 fully saturated rings. The SMILES string of the molecule is CCNC(C)CC(=O)NCc1ccccc1CC. The fourth-order valence-electron chi connectivity index (χ4n) is 2.04. The van der Waals surface area contributed by atoms with Gasteiger partial charge in [-0.15, -0.1) is 0 Å². The minimum atomic E-state index is 0.106. The molecule has 0 aliphatic rings. The first-order valence-corrected chi connectivity index (χ1v) is 6.74. The molecule has 0 aromatic heterocycles. The normalized spacial score (nSPS) is 12.2. The van der Waals surface area contributed by atoms with Crippen LogP contribution in [0.2, 0.25) is 0 Å². The summed E-state index contributed by atoms with van der Waals surface area (Å²) in [4.78, 5) is 11.8. The molecule has 0 radical (unpaired) electrons. The molecule has 0 heterocycles. The van der Waals surface area contributed by atoms with Crippen LogP contribution in [0.15, 0.2) is 24.3 Å². The van der Waals surface area contributed by atoms with Gasteiger partial charge in [-0.25, -0.2) is 0 Å². The van der Waals surface area contributed by atoms with Crippen molar-refractivity contribution < 1.29 is 4.79 Å². The lowest BCUT2D eigenvalue weighted by molar-refractivity contribution is -0.121. The Bertz CT molecular complexity index is 377. The predicted molar refractivity (Wildman–Crippen MR) is 75.4 cm³/mol. The highest BCUT2D eigenvalue weighted by Crippen LogP contribution is 2.09. The molecule has 1 unspecified atom stereocenters. The number of carbonyl (C=O) groups excluding carboxylic acids is 1. The van der Waals surface area contributed by atoms with Gasteiger partial charge < -0.3 is 10.6 Å². The summed E-state index contributed by atoms with van der Waals surface area (Å²) < 4.78 is 0. The first-order chi connectivity index (χ1) is 8.67. The van der Waals surface area contributed by atoms with Crippen molar-refractivity contribution in [2.75, 3.05) is 6.54 Å². The zero-order chi connectivity index (χ0) is 13.4. The Balaban J connectivity index is 2.42. The molecular formula is C15H24N2O. The summed E-state index contributed by atoms with van der Waals surface area (Å²) in [6, 6.07) is 8.48. The molecule has 1 rings (SSSR count). The van der Waals surface area contributed by atoms with Gasteiger partial charge in [0.1, 0.15) is 0 Å². The second-order valence-corrected chi connectivity index (χ2v) is 4.56. The van der Waals surface area contributed by atoms with Gasteiger partial charge in [0.25, 0.3) is 0 Å². The van der Waals surface area contributed by atoms with Crippen molar-refractivity contribution >= 4 is 5.91 Å². The van der Waals surface area contributed by atoms with Crippen molar-refractivity contribution in [2.45, 2.75) is 46.2 Å². The monoisotopic (exact) mass is 248 g/mol. The highest BCUT2D eigenvalue weighted by molar-refractivity contribution is 5.76. The number of aryl methyl sites for hydroxylation is 1. The third kappa shape index (κ3) is 4.88. The molecule has 1 atom stereocenters. The van der Waals surface area contributed by atoms with E-state index in [2.05, 4.69) is 29.7 Å². The van der Waals surface area contributed by atoms with Gasteiger partial charge in [-0.05, 0) is 31.0 Å². The summed E-state index contributed by atoms with van der Waals surface area (Å²) in [5.41, 5.74) is 2.52. The topological polar surface area (TPSA) is 41.1 Å². The fourth-order valence-corrected chi connectivity index (χ4v) is 2.04. The van der Waals surface area contributed by atoms with Gasteiger partial charge in [0.2, 0.25) is 5.91 Å². The molecule has 1 amide bonds. The van der Waals surface area contributed by atoms with Crippen molar-refractivity contribution in [1.82, 2.24) is 10.6 Å². The van der Waals surface area contributed by atoms with Crippen LogP contribution in [0.1, 0.15) is 38.3 Å². The molecule has 0 aliphatic carbocycles. The maximum atomic E-state index is 11.8. The number of amides is 1. The molecule has 3 nitrogen and oxygen atoms in total. The quantitative estimate of drug-likeness (QED) is 0.777. The van der Waals surface area contributed by atoms with Crippen molar-refractivity contribution in [3.05, 3.63) is 35.4 Å². The summed E-state index contributed by atoms with van der Waals surface area (Å²) in [6.07, 6.45) is 1.53. The minimum absolute atomic E-state index is 0.106. The number of hydrogen-bond donors (Lipinski definition) is 2. The van der Waals surface area contributed by atoms with E-state index >= 15 is 0 Å². The Morgan fingerprint density at radius 1 is 1.22 bits per heavy atom. The molecule has 1 aromatic rings. The van der Waals surface area contributed by atoms with E-state index in [4.69, 9.17) is 0 Å². The number of benzene rings is 1. The Labute approximate surface area is 110 Å². The Hall–Kier alpha value is -1.35. The Morgan fingerprint density at radius 2 is 1.89 bits per heavy atom. The van der Waals surface area contributed by atoms with Gasteiger partial charge in [-0.1, -0.05) is 38.1 Å². The van der Waals surface area contributed by atoms with E-state index in [1.54, 1.807) is 0 Å². The van der Waals surface area contributed by atoms with E-state index in [1.165, 1.54) is 11.1 Å². The molecule has 3 heteroatoms. The molecule has 0 saturated heterocycles. The molecule has 0 spiro atoms. The van der Waals surface area contributed by atoms with Crippen LogP contribution in [0.4, 0.5) is 0 Å². The number of hydrogen-bond acceptors (Lipinski definition) is 2. The molecule has 18 heavy (non-hydrogen) atoms. The van der Waals surface area contributed by atoms with E-state index in [0.717, 1.165) is 13.0 Å². The van der Waals surface area contributed by atoms with Crippen molar-refractivity contribution in [2.24, 2.45) is 0 Å². The summed E-state index contributed by atoms with van der Waals surface area (Å²) in [6.45, 7) is 7.73. The molecule has 0 bridgehead atoms. The van der Waals surface area contributed by atoms with Crippen molar-refractivity contribution in [3.63, 3.8) is 0 Å². The van der Waals surface area contributed by atoms with Crippen LogP contribution in [-0.2, 0) is 17.8 Å². The summed E-state index contributed by atoms with van der Waals surface area (Å²) >= 11 is 0. The second-order valence-electron chi connectivity index (χ2n) is 4.56. The average molecular weight is 248 g/mol. The van der Waals surface area contributed by atoms with E-state index in [9.17, 15) is 4.79 Å². The Morgan fingerprint density at radius 3 is 2.50 bits per heavy atom. The lowest BCUT2D eigenvalue weighted by Gasteiger charge is -2.13. The smallest absolute Gasteiger partial charge is 0.221 e. The minimum Gasteiger partial charge on any atom is -0.352 e. The van der Waals surface area contributed by atoms with Crippen LogP contribution in [0, 0.1) is 0 Å². The largest absolute Gasteiger partial charge is 0.352 e. The zero-order valence-electron chi connectivity index (χ0n) is 11.6. The predicted octanol–water partition coefficient (Wildman–Crippen LogP) is 2.25. The van der Waals surface area contributed by atoms with Crippen molar-refractivity contribution in [3.8, 4) is 0 Å². The number of rotatable bonds is 7. The highest BCUT2D eigenvalue weighted by atomic mass is 16.1. The fraction of sp³-hybridized carbons (Fsp3) is 0.533. The first-order valence-electron chi connectivity index (χ1n) is 6.74. The summed E-state index contributed by atoms with van der Waals surface area (Å²) in [5, 5.41) is 6.22. The van der Waals surface area contributed by atoms with E-state index < -0.39 is 0 Å². The zero-order valence-corrected chi connectivity index (χ0v) is 11.6. The molecule has 100 valence electrons. The van der Waals surface area contributed by atoms with Crippen LogP contribution in [-0.4, -0.2) is 18.5 Å². The standard InChI is InChI=1S/C15H24N2O/c1-4-13-8-6-7-9-14(13)11-17-15(18)10-12(3)16-5-2/h6-9,12,16H,4-5,10-11H2,1-3H3,(H,17,18). The van der Waals surface area contributed by atoms with Gasteiger partial charge >= 0.3 is 0 Å². The van der Waals surface area contributed by atoms with Gasteiger partial charge in [0.05, 0.1) is 0 Å². The lowest BCUT2D eigenvalue weighted by atomic mass is 10.1. The van der Waals surface area contributed by atoms with Crippen LogP contribution >= 0.6 is 0 Å². The Kier molecular flexibility index (Phi) is 6.44. The maximum Gasteiger partial charge on any atom is 0.221 e. The molecule has 2 N–H and O–H groups in total. The summed E-state index contributed by atoms with van der Waals surface area (Å²) in [5.74, 6) is 0.106. The van der Waals surface area contributed by atoms with E-state index in [-0.39, 0.29) is 11.9 Å². The molecule has 1 aromatic carbocycles. The second kappa shape index (κ2) is 7.88. The third-order valence-corrected chi connectivity index (χ3v) is 3.02. The number of carbonyl (C=O) groups is 1. The van der Waals surface area contributed by atoms with Crippen molar-refractivity contribution in [1.29, 1.82) is 0 Å². The lowest BCUT2D eigenvalue weighted by Crippen LogP contribution is -2.33. The summed E-state index contributed by atoms with van der Waals surface area (Å²) in [7, 11) is 0. The highest BCUT2D eigenvalue weighted by Gasteiger charge is 2.08. The third-order valence-electron chi connectivity index (χ3n) is 3.02. The van der Waals surface area contributed by atoms with Crippen LogP contribution in [0.3, 0.4) is 0 Å². The van der Waals surface area contributed by atoms with Gasteiger partial charge in [0.15, 0.2) is 0 Å². The van der Waals surface area contributed by atoms with E-state index in [0.29, 0.717) is 13.0 Å². The van der Waals surface area contributed by atoms with Crippen LogP contribution < -0.4 is 10.6 Å². The molecule has 0 saturated carbocycles. The maximum absolute atomic E-state index is 11.8. The van der Waals surface area contributed by atoms with E-state index in [1.807, 2.05) is 26.0 Å². The number of nitrogens with one attached hydrogen (secondary N) is 2. The van der Waals surface area contributed by atoms with Gasteiger partial charge in [-0.2, -0.15) is 0 Å².